The van der Waals surface area contributed by atoms with Crippen LogP contribution in [0.25, 0.3) is 0 Å². The molecule has 1 unspecified atom stereocenters. The first-order valence-electron chi connectivity index (χ1n) is 7.93. The largest absolute Gasteiger partial charge is 0.493 e. The van der Waals surface area contributed by atoms with Crippen LogP contribution < -0.4 is 15.2 Å². The zero-order chi connectivity index (χ0) is 16.4. The highest BCUT2D eigenvalue weighted by molar-refractivity contribution is 5.65. The summed E-state index contributed by atoms with van der Waals surface area (Å²) in [7, 11) is 5.43. The van der Waals surface area contributed by atoms with E-state index in [1.54, 1.807) is 14.2 Å². The van der Waals surface area contributed by atoms with Crippen LogP contribution in [0.15, 0.2) is 36.4 Å². The number of nitrogens with two attached hydrogens (primary N) is 1. The van der Waals surface area contributed by atoms with Crippen molar-refractivity contribution in [3.63, 3.8) is 0 Å². The maximum atomic E-state index is 6.33. The maximum absolute atomic E-state index is 6.33. The van der Waals surface area contributed by atoms with E-state index in [2.05, 4.69) is 36.2 Å². The van der Waals surface area contributed by atoms with Gasteiger partial charge >= 0.3 is 0 Å². The molecule has 1 atom stereocenters. The summed E-state index contributed by atoms with van der Waals surface area (Å²) in [4.78, 5) is 2.40. The molecule has 4 heteroatoms. The third-order valence-electron chi connectivity index (χ3n) is 4.77. The van der Waals surface area contributed by atoms with Gasteiger partial charge < -0.3 is 15.2 Å². The normalized spacial score (nSPS) is 17.6. The lowest BCUT2D eigenvalue weighted by molar-refractivity contribution is 0.229. The average molecular weight is 312 g/mol. The summed E-state index contributed by atoms with van der Waals surface area (Å²) in [6.45, 7) is 1.06. The van der Waals surface area contributed by atoms with E-state index in [1.807, 2.05) is 12.1 Å². The third kappa shape index (κ3) is 2.86. The molecular weight excluding hydrogens is 288 g/mol. The van der Waals surface area contributed by atoms with Gasteiger partial charge in [-0.05, 0) is 42.6 Å². The summed E-state index contributed by atoms with van der Waals surface area (Å²) in [6, 6.07) is 13.0. The highest BCUT2D eigenvalue weighted by atomic mass is 16.5. The van der Waals surface area contributed by atoms with Gasteiger partial charge in [-0.15, -0.1) is 0 Å². The molecule has 3 rings (SSSR count). The number of anilines is 1. The minimum Gasteiger partial charge on any atom is -0.493 e. The summed E-state index contributed by atoms with van der Waals surface area (Å²) >= 11 is 0. The number of methoxy groups -OCH3 is 2. The maximum Gasteiger partial charge on any atom is 0.184 e. The van der Waals surface area contributed by atoms with Crippen molar-refractivity contribution >= 4 is 5.69 Å². The van der Waals surface area contributed by atoms with Crippen LogP contribution in [-0.4, -0.2) is 32.7 Å². The fourth-order valence-electron chi connectivity index (χ4n) is 3.42. The van der Waals surface area contributed by atoms with Crippen LogP contribution >= 0.6 is 0 Å². The predicted octanol–water partition coefficient (Wildman–Crippen LogP) is 3.06. The molecule has 0 radical (unpaired) electrons. The van der Waals surface area contributed by atoms with Crippen molar-refractivity contribution < 1.29 is 9.47 Å². The van der Waals surface area contributed by atoms with Crippen LogP contribution in [-0.2, 0) is 12.8 Å². The summed E-state index contributed by atoms with van der Waals surface area (Å²) in [5, 5.41) is 0. The quantitative estimate of drug-likeness (QED) is 0.882. The highest BCUT2D eigenvalue weighted by Crippen LogP contribution is 2.39. The van der Waals surface area contributed by atoms with Gasteiger partial charge in [0.1, 0.15) is 0 Å². The Morgan fingerprint density at radius 2 is 1.91 bits per heavy atom. The Morgan fingerprint density at radius 1 is 1.13 bits per heavy atom. The highest BCUT2D eigenvalue weighted by Gasteiger charge is 2.26. The fraction of sp³-hybridized carbons (Fsp3) is 0.368. The van der Waals surface area contributed by atoms with Crippen LogP contribution in [0.5, 0.6) is 11.5 Å². The van der Waals surface area contributed by atoms with E-state index in [1.165, 1.54) is 11.1 Å². The molecule has 2 aromatic carbocycles. The Balaban J connectivity index is 1.96. The number of hydrogen-bond acceptors (Lipinski definition) is 4. The van der Waals surface area contributed by atoms with Gasteiger partial charge in [-0.3, -0.25) is 4.90 Å². The second-order valence-electron chi connectivity index (χ2n) is 6.02. The zero-order valence-electron chi connectivity index (χ0n) is 14.0. The lowest BCUT2D eigenvalue weighted by Crippen LogP contribution is -2.33. The number of fused-ring (bicyclic) bond motifs is 1. The van der Waals surface area contributed by atoms with Crippen LogP contribution in [0, 0.1) is 0 Å². The smallest absolute Gasteiger partial charge is 0.184 e. The first kappa shape index (κ1) is 15.7. The number of ether oxygens (including phenoxy) is 2. The number of benzene rings is 2. The zero-order valence-corrected chi connectivity index (χ0v) is 14.0. The molecule has 0 fully saturated rings. The molecule has 0 saturated heterocycles. The van der Waals surface area contributed by atoms with E-state index in [4.69, 9.17) is 15.2 Å². The van der Waals surface area contributed by atoms with E-state index < -0.39 is 0 Å². The van der Waals surface area contributed by atoms with Crippen LogP contribution in [0.1, 0.15) is 22.7 Å². The van der Waals surface area contributed by atoms with Gasteiger partial charge in [-0.25, -0.2) is 0 Å². The third-order valence-corrected chi connectivity index (χ3v) is 4.77. The standard InChI is InChI=1S/C19H24N2O2/c1-21-11-10-13-6-4-5-7-15(13)16(21)12-14-8-9-17(22-2)19(23-3)18(14)20/h4-9,16H,10-12,20H2,1-3H3. The van der Waals surface area contributed by atoms with E-state index in [0.717, 1.165) is 24.9 Å². The van der Waals surface area contributed by atoms with Crippen molar-refractivity contribution in [1.29, 1.82) is 0 Å². The number of hydrogen-bond donors (Lipinski definition) is 1. The molecule has 2 N–H and O–H groups in total. The Morgan fingerprint density at radius 3 is 2.65 bits per heavy atom. The van der Waals surface area contributed by atoms with Crippen molar-refractivity contribution in [2.75, 3.05) is 33.5 Å². The molecule has 1 aliphatic heterocycles. The van der Waals surface area contributed by atoms with Crippen LogP contribution in [0.2, 0.25) is 0 Å². The topological polar surface area (TPSA) is 47.7 Å². The fourth-order valence-corrected chi connectivity index (χ4v) is 3.42. The van der Waals surface area contributed by atoms with Crippen molar-refractivity contribution in [2.45, 2.75) is 18.9 Å². The average Bonchev–Trinajstić information content (AvgIpc) is 2.58. The van der Waals surface area contributed by atoms with Gasteiger partial charge in [-0.2, -0.15) is 0 Å². The summed E-state index contributed by atoms with van der Waals surface area (Å²) in [5.41, 5.74) is 10.9. The van der Waals surface area contributed by atoms with Gasteiger partial charge in [-0.1, -0.05) is 30.3 Å². The van der Waals surface area contributed by atoms with E-state index in [-0.39, 0.29) is 0 Å². The minimum atomic E-state index is 0.334. The van der Waals surface area contributed by atoms with E-state index in [0.29, 0.717) is 23.2 Å². The Hall–Kier alpha value is -2.20. The van der Waals surface area contributed by atoms with Gasteiger partial charge in [0.2, 0.25) is 0 Å². The van der Waals surface area contributed by atoms with Crippen LogP contribution in [0.3, 0.4) is 0 Å². The van der Waals surface area contributed by atoms with Crippen molar-refractivity contribution in [3.8, 4) is 11.5 Å². The molecule has 23 heavy (non-hydrogen) atoms. The molecule has 2 aromatic rings. The molecule has 0 aromatic heterocycles. The minimum absolute atomic E-state index is 0.334. The van der Waals surface area contributed by atoms with Crippen molar-refractivity contribution in [3.05, 3.63) is 53.1 Å². The van der Waals surface area contributed by atoms with Gasteiger partial charge in [0, 0.05) is 12.6 Å². The summed E-state index contributed by atoms with van der Waals surface area (Å²) < 4.78 is 10.8. The first-order chi connectivity index (χ1) is 11.2. The second kappa shape index (κ2) is 6.50. The molecule has 1 heterocycles. The molecule has 122 valence electrons. The van der Waals surface area contributed by atoms with E-state index in [9.17, 15) is 0 Å². The van der Waals surface area contributed by atoms with Crippen molar-refractivity contribution in [2.24, 2.45) is 0 Å². The van der Waals surface area contributed by atoms with Crippen LogP contribution in [0.4, 0.5) is 5.69 Å². The molecule has 1 aliphatic rings. The van der Waals surface area contributed by atoms with Gasteiger partial charge in [0.15, 0.2) is 11.5 Å². The monoisotopic (exact) mass is 312 g/mol. The van der Waals surface area contributed by atoms with Gasteiger partial charge in [0.25, 0.3) is 0 Å². The van der Waals surface area contributed by atoms with Gasteiger partial charge in [0.05, 0.1) is 19.9 Å². The van der Waals surface area contributed by atoms with Crippen molar-refractivity contribution in [1.82, 2.24) is 4.90 Å². The lowest BCUT2D eigenvalue weighted by atomic mass is 9.88. The Bertz CT molecular complexity index is 700. The Labute approximate surface area is 137 Å². The molecule has 0 bridgehead atoms. The molecule has 0 amide bonds. The lowest BCUT2D eigenvalue weighted by Gasteiger charge is -2.35. The number of likely N-dealkylation sites (N-methyl/N-ethyl adjacent to an activating group) is 1. The van der Waals surface area contributed by atoms with E-state index >= 15 is 0 Å². The molecule has 0 saturated carbocycles. The summed E-state index contributed by atoms with van der Waals surface area (Å²) in [6.07, 6.45) is 1.96. The SMILES string of the molecule is COc1ccc(CC2c3ccccc3CCN2C)c(N)c1OC. The Kier molecular flexibility index (Phi) is 4.44. The number of rotatable bonds is 4. The number of nitrogen functional groups attached to an aromatic ring is 1. The molecule has 0 spiro atoms. The summed E-state index contributed by atoms with van der Waals surface area (Å²) in [5.74, 6) is 1.29. The molecule has 0 aliphatic carbocycles. The molecular formula is C19H24N2O2. The first-order valence-corrected chi connectivity index (χ1v) is 7.93. The number of nitrogens with zero attached hydrogens (tertiary/aromatic N) is 1. The predicted molar refractivity (Wildman–Crippen MR) is 93.2 cm³/mol. The second-order valence-corrected chi connectivity index (χ2v) is 6.02. The molecule has 4 nitrogen and oxygen atoms in total.